The van der Waals surface area contributed by atoms with Gasteiger partial charge in [-0.3, -0.25) is 9.59 Å². The zero-order valence-corrected chi connectivity index (χ0v) is 15.7. The van der Waals surface area contributed by atoms with E-state index in [0.29, 0.717) is 6.42 Å². The summed E-state index contributed by atoms with van der Waals surface area (Å²) in [5, 5.41) is 2.91. The summed E-state index contributed by atoms with van der Waals surface area (Å²) in [5.74, 6) is -0.354. The molecule has 0 aromatic heterocycles. The lowest BCUT2D eigenvalue weighted by atomic mass is 9.85. The summed E-state index contributed by atoms with van der Waals surface area (Å²) in [6.45, 7) is 3.20. The summed E-state index contributed by atoms with van der Waals surface area (Å²) < 4.78 is 10.7. The predicted octanol–water partition coefficient (Wildman–Crippen LogP) is 3.66. The summed E-state index contributed by atoms with van der Waals surface area (Å²) in [6.07, 6.45) is -0.328. The highest BCUT2D eigenvalue weighted by atomic mass is 16.5. The molecule has 0 saturated heterocycles. The monoisotopic (exact) mass is 365 g/mol. The van der Waals surface area contributed by atoms with Crippen molar-refractivity contribution in [3.8, 4) is 5.75 Å². The van der Waals surface area contributed by atoms with Crippen molar-refractivity contribution in [3.63, 3.8) is 0 Å². The minimum atomic E-state index is -0.896. The standard InChI is InChI=1S/C22H23NO4/c1-14-19(16-7-5-4-6-8-16)13-20(17-9-11-18(26-3)12-10-17)21(22(25)23-14)27-15(2)24/h4-12,20-21H,13H2,1-3H3,(H,23,25)/t20-,21+/m0/s1. The Bertz CT molecular complexity index is 856. The molecule has 0 fully saturated rings. The molecule has 1 amide bonds. The largest absolute Gasteiger partial charge is 0.497 e. The van der Waals surface area contributed by atoms with Crippen LogP contribution in [-0.2, 0) is 14.3 Å². The molecule has 0 saturated carbocycles. The maximum Gasteiger partial charge on any atom is 0.303 e. The zero-order valence-electron chi connectivity index (χ0n) is 15.7. The predicted molar refractivity (Wildman–Crippen MR) is 103 cm³/mol. The SMILES string of the molecule is COc1ccc([C@@H]2CC(c3ccccc3)=C(C)NC(=O)[C@@H]2OC(C)=O)cc1. The molecular weight excluding hydrogens is 342 g/mol. The minimum absolute atomic E-state index is 0.299. The van der Waals surface area contributed by atoms with E-state index >= 15 is 0 Å². The molecule has 0 aliphatic carbocycles. The van der Waals surface area contributed by atoms with E-state index in [9.17, 15) is 9.59 Å². The van der Waals surface area contributed by atoms with E-state index in [1.807, 2.05) is 61.5 Å². The van der Waals surface area contributed by atoms with Crippen LogP contribution in [-0.4, -0.2) is 25.1 Å². The highest BCUT2D eigenvalue weighted by Crippen LogP contribution is 2.37. The van der Waals surface area contributed by atoms with Crippen molar-refractivity contribution in [1.82, 2.24) is 5.32 Å². The van der Waals surface area contributed by atoms with E-state index in [0.717, 1.165) is 28.1 Å². The lowest BCUT2D eigenvalue weighted by Gasteiger charge is -2.24. The second kappa shape index (κ2) is 8.08. The van der Waals surface area contributed by atoms with Crippen LogP contribution in [0.1, 0.15) is 37.3 Å². The first-order valence-corrected chi connectivity index (χ1v) is 8.86. The molecular formula is C22H23NO4. The van der Waals surface area contributed by atoms with Gasteiger partial charge in [-0.05, 0) is 42.2 Å². The van der Waals surface area contributed by atoms with E-state index in [4.69, 9.17) is 9.47 Å². The fourth-order valence-corrected chi connectivity index (χ4v) is 3.43. The van der Waals surface area contributed by atoms with Gasteiger partial charge in [0.25, 0.3) is 5.91 Å². The van der Waals surface area contributed by atoms with Crippen molar-refractivity contribution in [2.75, 3.05) is 7.11 Å². The van der Waals surface area contributed by atoms with Crippen LogP contribution >= 0.6 is 0 Å². The normalized spacial score (nSPS) is 19.9. The molecule has 1 N–H and O–H groups in total. The maximum absolute atomic E-state index is 12.8. The Kier molecular flexibility index (Phi) is 5.60. The van der Waals surface area contributed by atoms with Crippen molar-refractivity contribution in [1.29, 1.82) is 0 Å². The van der Waals surface area contributed by atoms with Gasteiger partial charge in [-0.15, -0.1) is 0 Å². The zero-order chi connectivity index (χ0) is 19.4. The molecule has 0 radical (unpaired) electrons. The van der Waals surface area contributed by atoms with Gasteiger partial charge in [0, 0.05) is 18.5 Å². The molecule has 3 rings (SSSR count). The molecule has 2 aromatic rings. The average Bonchev–Trinajstić information content (AvgIpc) is 2.79. The first-order valence-electron chi connectivity index (χ1n) is 8.86. The average molecular weight is 365 g/mol. The van der Waals surface area contributed by atoms with E-state index < -0.39 is 12.1 Å². The number of hydrogen-bond acceptors (Lipinski definition) is 4. The Balaban J connectivity index is 2.05. The Morgan fingerprint density at radius 1 is 1.07 bits per heavy atom. The molecule has 27 heavy (non-hydrogen) atoms. The van der Waals surface area contributed by atoms with Crippen molar-refractivity contribution >= 4 is 17.4 Å². The quantitative estimate of drug-likeness (QED) is 0.840. The summed E-state index contributed by atoms with van der Waals surface area (Å²) in [4.78, 5) is 24.4. The number of ether oxygens (including phenoxy) is 2. The molecule has 0 spiro atoms. The molecule has 2 atom stereocenters. The van der Waals surface area contributed by atoms with Crippen molar-refractivity contribution in [3.05, 3.63) is 71.4 Å². The number of carbonyl (C=O) groups excluding carboxylic acids is 2. The summed E-state index contributed by atoms with van der Waals surface area (Å²) in [5.41, 5.74) is 3.76. The van der Waals surface area contributed by atoms with Gasteiger partial charge in [-0.25, -0.2) is 0 Å². The first-order chi connectivity index (χ1) is 13.0. The van der Waals surface area contributed by atoms with Crippen molar-refractivity contribution in [2.24, 2.45) is 0 Å². The van der Waals surface area contributed by atoms with Gasteiger partial charge in [0.1, 0.15) is 5.75 Å². The Morgan fingerprint density at radius 2 is 1.74 bits per heavy atom. The molecule has 140 valence electrons. The van der Waals surface area contributed by atoms with Crippen LogP contribution in [0.3, 0.4) is 0 Å². The molecule has 5 nitrogen and oxygen atoms in total. The fraction of sp³-hybridized carbons (Fsp3) is 0.273. The molecule has 0 bridgehead atoms. The summed E-state index contributed by atoms with van der Waals surface area (Å²) in [6, 6.07) is 17.4. The van der Waals surface area contributed by atoms with Crippen molar-refractivity contribution in [2.45, 2.75) is 32.3 Å². The maximum atomic E-state index is 12.8. The molecule has 0 unspecified atom stereocenters. The number of esters is 1. The van der Waals surface area contributed by atoms with E-state index in [-0.39, 0.29) is 11.8 Å². The van der Waals surface area contributed by atoms with E-state index in [2.05, 4.69) is 5.32 Å². The topological polar surface area (TPSA) is 64.6 Å². The van der Waals surface area contributed by atoms with Crippen LogP contribution < -0.4 is 10.1 Å². The van der Waals surface area contributed by atoms with Gasteiger partial charge >= 0.3 is 5.97 Å². The number of allylic oxidation sites excluding steroid dienone is 2. The number of benzene rings is 2. The van der Waals surface area contributed by atoms with Gasteiger partial charge in [-0.2, -0.15) is 0 Å². The third kappa shape index (κ3) is 4.19. The van der Waals surface area contributed by atoms with Crippen LogP contribution in [0.25, 0.3) is 5.57 Å². The molecule has 1 aliphatic heterocycles. The van der Waals surface area contributed by atoms with E-state index in [1.165, 1.54) is 6.92 Å². The fourth-order valence-electron chi connectivity index (χ4n) is 3.43. The minimum Gasteiger partial charge on any atom is -0.497 e. The highest BCUT2D eigenvalue weighted by molar-refractivity contribution is 5.89. The molecule has 1 heterocycles. The highest BCUT2D eigenvalue weighted by Gasteiger charge is 2.36. The van der Waals surface area contributed by atoms with Gasteiger partial charge < -0.3 is 14.8 Å². The van der Waals surface area contributed by atoms with Gasteiger partial charge in [0.15, 0.2) is 6.10 Å². The lowest BCUT2D eigenvalue weighted by Crippen LogP contribution is -2.39. The van der Waals surface area contributed by atoms with Crippen LogP contribution in [0.5, 0.6) is 5.75 Å². The lowest BCUT2D eigenvalue weighted by molar-refractivity contribution is -0.154. The number of rotatable bonds is 4. The number of hydrogen-bond donors (Lipinski definition) is 1. The third-order valence-corrected chi connectivity index (χ3v) is 4.77. The van der Waals surface area contributed by atoms with Crippen LogP contribution in [0.15, 0.2) is 60.3 Å². The number of amides is 1. The van der Waals surface area contributed by atoms with Gasteiger partial charge in [0.05, 0.1) is 7.11 Å². The second-order valence-electron chi connectivity index (χ2n) is 6.57. The Hall–Kier alpha value is -3.08. The molecule has 2 aromatic carbocycles. The first kappa shape index (κ1) is 18.7. The van der Waals surface area contributed by atoms with Crippen LogP contribution in [0.4, 0.5) is 0 Å². The van der Waals surface area contributed by atoms with Gasteiger partial charge in [-0.1, -0.05) is 42.5 Å². The van der Waals surface area contributed by atoms with Crippen LogP contribution in [0.2, 0.25) is 0 Å². The third-order valence-electron chi connectivity index (χ3n) is 4.77. The van der Waals surface area contributed by atoms with Crippen LogP contribution in [0, 0.1) is 0 Å². The number of nitrogens with one attached hydrogen (secondary N) is 1. The Labute approximate surface area is 159 Å². The van der Waals surface area contributed by atoms with E-state index in [1.54, 1.807) is 7.11 Å². The smallest absolute Gasteiger partial charge is 0.303 e. The summed E-state index contributed by atoms with van der Waals surface area (Å²) >= 11 is 0. The second-order valence-corrected chi connectivity index (χ2v) is 6.57. The number of carbonyl (C=O) groups is 2. The Morgan fingerprint density at radius 3 is 2.33 bits per heavy atom. The molecule has 1 aliphatic rings. The molecule has 5 heteroatoms. The number of methoxy groups -OCH3 is 1. The van der Waals surface area contributed by atoms with Gasteiger partial charge in [0.2, 0.25) is 0 Å². The summed E-state index contributed by atoms with van der Waals surface area (Å²) in [7, 11) is 1.61. The van der Waals surface area contributed by atoms with Crippen molar-refractivity contribution < 1.29 is 19.1 Å².